The smallest absolute Gasteiger partial charge is 0.296 e. The van der Waals surface area contributed by atoms with Gasteiger partial charge in [0.15, 0.2) is 0 Å². The molecule has 0 bridgehead atoms. The fraction of sp³-hybridized carbons (Fsp3) is 0. The SMILES string of the molecule is O=C(Nc1cc(O)cc(-c2cccs2)c1)C(=O)c1ccc2ccccc2c1. The number of Topliss-reactive ketones (excluding diaryl/α,β-unsaturated/α-hetero) is 1. The first kappa shape index (κ1) is 17.0. The second-order valence-electron chi connectivity index (χ2n) is 6.09. The van der Waals surface area contributed by atoms with Gasteiger partial charge in [-0.2, -0.15) is 0 Å². The van der Waals surface area contributed by atoms with Crippen LogP contribution >= 0.6 is 11.3 Å². The number of rotatable bonds is 4. The topological polar surface area (TPSA) is 66.4 Å². The Kier molecular flexibility index (Phi) is 4.44. The summed E-state index contributed by atoms with van der Waals surface area (Å²) in [6, 6.07) is 21.4. The molecule has 0 fully saturated rings. The van der Waals surface area contributed by atoms with Crippen LogP contribution in [0.5, 0.6) is 5.75 Å². The quantitative estimate of drug-likeness (QED) is 0.386. The van der Waals surface area contributed by atoms with Crippen molar-refractivity contribution in [2.45, 2.75) is 0 Å². The van der Waals surface area contributed by atoms with Gasteiger partial charge in [0.25, 0.3) is 11.7 Å². The largest absolute Gasteiger partial charge is 0.508 e. The number of carbonyl (C=O) groups is 2. The number of anilines is 1. The lowest BCUT2D eigenvalue weighted by Crippen LogP contribution is -2.22. The number of hydrogen-bond acceptors (Lipinski definition) is 4. The van der Waals surface area contributed by atoms with Gasteiger partial charge in [-0.05, 0) is 46.0 Å². The van der Waals surface area contributed by atoms with Crippen LogP contribution in [-0.2, 0) is 4.79 Å². The normalized spacial score (nSPS) is 10.7. The van der Waals surface area contributed by atoms with Crippen molar-refractivity contribution in [1.29, 1.82) is 0 Å². The third-order valence-electron chi connectivity index (χ3n) is 4.20. The number of carbonyl (C=O) groups excluding carboxylic acids is 2. The molecule has 0 atom stereocenters. The van der Waals surface area contributed by atoms with E-state index in [2.05, 4.69) is 5.32 Å². The van der Waals surface area contributed by atoms with Crippen molar-refractivity contribution in [3.05, 3.63) is 83.7 Å². The number of fused-ring (bicyclic) bond motifs is 1. The Morgan fingerprint density at radius 1 is 0.852 bits per heavy atom. The molecule has 2 N–H and O–H groups in total. The maximum Gasteiger partial charge on any atom is 0.296 e. The zero-order valence-electron chi connectivity index (χ0n) is 14.2. The predicted octanol–water partition coefficient (Wildman–Crippen LogP) is 5.10. The van der Waals surface area contributed by atoms with Gasteiger partial charge in [-0.15, -0.1) is 11.3 Å². The van der Waals surface area contributed by atoms with E-state index in [9.17, 15) is 14.7 Å². The molecule has 1 heterocycles. The van der Waals surface area contributed by atoms with E-state index in [1.54, 1.807) is 24.3 Å². The molecule has 0 aliphatic carbocycles. The number of aromatic hydroxyl groups is 1. The maximum atomic E-state index is 12.5. The molecule has 0 aliphatic heterocycles. The van der Waals surface area contributed by atoms with Crippen molar-refractivity contribution < 1.29 is 14.7 Å². The summed E-state index contributed by atoms with van der Waals surface area (Å²) in [4.78, 5) is 25.9. The molecule has 4 aromatic rings. The number of benzene rings is 3. The first-order chi connectivity index (χ1) is 13.1. The van der Waals surface area contributed by atoms with Crippen LogP contribution < -0.4 is 5.32 Å². The zero-order valence-corrected chi connectivity index (χ0v) is 15.0. The van der Waals surface area contributed by atoms with Gasteiger partial charge in [0.05, 0.1) is 0 Å². The van der Waals surface area contributed by atoms with Gasteiger partial charge in [0.1, 0.15) is 5.75 Å². The summed E-state index contributed by atoms with van der Waals surface area (Å²) < 4.78 is 0. The van der Waals surface area contributed by atoms with E-state index >= 15 is 0 Å². The summed E-state index contributed by atoms with van der Waals surface area (Å²) in [7, 11) is 0. The summed E-state index contributed by atoms with van der Waals surface area (Å²) >= 11 is 1.53. The number of amides is 1. The Labute approximate surface area is 159 Å². The van der Waals surface area contributed by atoms with E-state index in [1.165, 1.54) is 17.4 Å². The second-order valence-corrected chi connectivity index (χ2v) is 7.04. The monoisotopic (exact) mass is 373 g/mol. The predicted molar refractivity (Wildman–Crippen MR) is 108 cm³/mol. The van der Waals surface area contributed by atoms with Crippen LogP contribution in [0.4, 0.5) is 5.69 Å². The second kappa shape index (κ2) is 7.05. The molecule has 4 rings (SSSR count). The van der Waals surface area contributed by atoms with Crippen LogP contribution in [0.1, 0.15) is 10.4 Å². The minimum absolute atomic E-state index is 0.0226. The van der Waals surface area contributed by atoms with Gasteiger partial charge < -0.3 is 10.4 Å². The molecule has 0 aliphatic rings. The number of phenols is 1. The first-order valence-corrected chi connectivity index (χ1v) is 9.20. The molecule has 0 saturated heterocycles. The minimum Gasteiger partial charge on any atom is -0.508 e. The zero-order chi connectivity index (χ0) is 18.8. The Hall–Kier alpha value is -3.44. The molecule has 0 radical (unpaired) electrons. The highest BCUT2D eigenvalue weighted by Gasteiger charge is 2.17. The van der Waals surface area contributed by atoms with E-state index in [4.69, 9.17) is 0 Å². The lowest BCUT2D eigenvalue weighted by molar-refractivity contribution is -0.112. The Morgan fingerprint density at radius 2 is 1.67 bits per heavy atom. The molecule has 3 aromatic carbocycles. The van der Waals surface area contributed by atoms with Crippen molar-refractivity contribution in [2.24, 2.45) is 0 Å². The van der Waals surface area contributed by atoms with Crippen LogP contribution in [0.25, 0.3) is 21.2 Å². The molecule has 1 amide bonds. The summed E-state index contributed by atoms with van der Waals surface area (Å²) in [5.41, 5.74) is 1.47. The highest BCUT2D eigenvalue weighted by atomic mass is 32.1. The number of nitrogens with one attached hydrogen (secondary N) is 1. The van der Waals surface area contributed by atoms with Crippen molar-refractivity contribution in [1.82, 2.24) is 0 Å². The molecule has 0 unspecified atom stereocenters. The standard InChI is InChI=1S/C22H15NO3S/c24-19-12-17(20-6-3-9-27-20)11-18(13-19)23-22(26)21(25)16-8-7-14-4-1-2-5-15(14)10-16/h1-13,24H,(H,23,26). The fourth-order valence-electron chi connectivity index (χ4n) is 2.92. The van der Waals surface area contributed by atoms with Crippen molar-refractivity contribution in [3.63, 3.8) is 0 Å². The molecule has 0 spiro atoms. The molecular weight excluding hydrogens is 358 g/mol. The highest BCUT2D eigenvalue weighted by molar-refractivity contribution is 7.13. The summed E-state index contributed by atoms with van der Waals surface area (Å²) in [5.74, 6) is -1.34. The highest BCUT2D eigenvalue weighted by Crippen LogP contribution is 2.31. The van der Waals surface area contributed by atoms with Gasteiger partial charge in [-0.3, -0.25) is 9.59 Å². The molecule has 0 saturated carbocycles. The van der Waals surface area contributed by atoms with Crippen LogP contribution in [-0.4, -0.2) is 16.8 Å². The number of thiophene rings is 1. The number of phenolic OH excluding ortho intramolecular Hbond substituents is 1. The van der Waals surface area contributed by atoms with Crippen molar-refractivity contribution >= 4 is 39.5 Å². The van der Waals surface area contributed by atoms with Crippen LogP contribution in [0, 0.1) is 0 Å². The molecule has 27 heavy (non-hydrogen) atoms. The van der Waals surface area contributed by atoms with Gasteiger partial charge in [0.2, 0.25) is 0 Å². The van der Waals surface area contributed by atoms with E-state index in [-0.39, 0.29) is 5.75 Å². The third kappa shape index (κ3) is 3.59. The van der Waals surface area contributed by atoms with Crippen molar-refractivity contribution in [2.75, 3.05) is 5.32 Å². The Bertz CT molecular complexity index is 1150. The van der Waals surface area contributed by atoms with Crippen LogP contribution in [0.3, 0.4) is 0 Å². The van der Waals surface area contributed by atoms with Crippen molar-refractivity contribution in [3.8, 4) is 16.2 Å². The maximum absolute atomic E-state index is 12.5. The Morgan fingerprint density at radius 3 is 2.44 bits per heavy atom. The summed E-state index contributed by atoms with van der Waals surface area (Å²) in [6.45, 7) is 0. The molecule has 1 aromatic heterocycles. The number of ketones is 1. The van der Waals surface area contributed by atoms with E-state index < -0.39 is 11.7 Å². The van der Waals surface area contributed by atoms with E-state index in [0.717, 1.165) is 21.2 Å². The van der Waals surface area contributed by atoms with Gasteiger partial charge in [0, 0.05) is 22.2 Å². The average Bonchev–Trinajstić information content (AvgIpc) is 3.21. The Balaban J connectivity index is 1.58. The van der Waals surface area contributed by atoms with Crippen LogP contribution in [0.15, 0.2) is 78.2 Å². The molecule has 5 heteroatoms. The average molecular weight is 373 g/mol. The van der Waals surface area contributed by atoms with Gasteiger partial charge in [-0.25, -0.2) is 0 Å². The molecular formula is C22H15NO3S. The lowest BCUT2D eigenvalue weighted by Gasteiger charge is -2.08. The summed E-state index contributed by atoms with van der Waals surface area (Å²) in [5, 5.41) is 16.4. The van der Waals surface area contributed by atoms with Gasteiger partial charge >= 0.3 is 0 Å². The van der Waals surface area contributed by atoms with Gasteiger partial charge in [-0.1, -0.05) is 42.5 Å². The molecule has 132 valence electrons. The fourth-order valence-corrected chi connectivity index (χ4v) is 3.63. The van der Waals surface area contributed by atoms with E-state index in [1.807, 2.05) is 47.8 Å². The van der Waals surface area contributed by atoms with Crippen LogP contribution in [0.2, 0.25) is 0 Å². The molecule has 4 nitrogen and oxygen atoms in total. The van der Waals surface area contributed by atoms with E-state index in [0.29, 0.717) is 11.3 Å². The number of hydrogen-bond donors (Lipinski definition) is 2. The minimum atomic E-state index is -0.743. The summed E-state index contributed by atoms with van der Waals surface area (Å²) in [6.07, 6.45) is 0. The third-order valence-corrected chi connectivity index (χ3v) is 5.12. The lowest BCUT2D eigenvalue weighted by atomic mass is 10.0. The first-order valence-electron chi connectivity index (χ1n) is 8.32.